The number of aromatic nitrogens is 5. The number of carboxylic acids is 4. The van der Waals surface area contributed by atoms with Crippen LogP contribution in [0.4, 0.5) is 34.9 Å². The summed E-state index contributed by atoms with van der Waals surface area (Å²) in [5.74, 6) is -3.49. The number of carboxylic acid groups (broad SMARTS) is 4. The first kappa shape index (κ1) is 28.7. The van der Waals surface area contributed by atoms with Crippen molar-refractivity contribution in [1.29, 1.82) is 0 Å². The van der Waals surface area contributed by atoms with Crippen molar-refractivity contribution in [2.75, 3.05) is 9.80 Å². The minimum Gasteiger partial charge on any atom is -0.478 e. The van der Waals surface area contributed by atoms with Gasteiger partial charge in [-0.3, -0.25) is 9.80 Å². The number of hydrogen-bond donors (Lipinski definition) is 4. The van der Waals surface area contributed by atoms with Crippen LogP contribution in [0.25, 0.3) is 0 Å². The Hall–Kier alpha value is -6.77. The van der Waals surface area contributed by atoms with Crippen LogP contribution in [0.1, 0.15) is 41.4 Å². The minimum atomic E-state index is -1.18. The lowest BCUT2D eigenvalue weighted by atomic mass is 10.2. The van der Waals surface area contributed by atoms with E-state index in [4.69, 9.17) is 4.98 Å². The molecule has 0 saturated carbocycles. The number of hydrogen-bond acceptors (Lipinski definition) is 11. The van der Waals surface area contributed by atoms with Gasteiger partial charge in [-0.2, -0.15) is 0 Å². The molecule has 0 atom stereocenters. The molecule has 0 amide bonds. The first-order valence-electron chi connectivity index (χ1n) is 12.5. The van der Waals surface area contributed by atoms with Crippen LogP contribution in [0.3, 0.4) is 0 Å². The third-order valence-electron chi connectivity index (χ3n) is 6.07. The van der Waals surface area contributed by atoms with Gasteiger partial charge in [0.1, 0.15) is 34.9 Å². The summed E-state index contributed by atoms with van der Waals surface area (Å²) in [7, 11) is 0. The molecular formula is C29H19N7O8. The van der Waals surface area contributed by atoms with Crippen LogP contribution >= 0.6 is 0 Å². The van der Waals surface area contributed by atoms with E-state index in [-0.39, 0.29) is 57.2 Å². The molecule has 0 radical (unpaired) electrons. The SMILES string of the molecule is O=C(O)c1ccc(N(c2ccc(C(=O)O)cn2)c2cccc(N(c3ccc(C(=O)O)cn3)c3ccc(C(=O)O)cn3)n2)nc1. The highest BCUT2D eigenvalue weighted by Gasteiger charge is 2.22. The van der Waals surface area contributed by atoms with Crippen LogP contribution in [0, 0.1) is 0 Å². The van der Waals surface area contributed by atoms with E-state index in [2.05, 4.69) is 19.9 Å². The predicted molar refractivity (Wildman–Crippen MR) is 153 cm³/mol. The fourth-order valence-corrected chi connectivity index (χ4v) is 3.94. The Labute approximate surface area is 247 Å². The van der Waals surface area contributed by atoms with Crippen molar-refractivity contribution in [2.24, 2.45) is 0 Å². The van der Waals surface area contributed by atoms with Crippen LogP contribution in [0.2, 0.25) is 0 Å². The van der Waals surface area contributed by atoms with Crippen LogP contribution < -0.4 is 9.80 Å². The Morgan fingerprint density at radius 1 is 0.409 bits per heavy atom. The van der Waals surface area contributed by atoms with E-state index in [1.165, 1.54) is 58.3 Å². The topological polar surface area (TPSA) is 220 Å². The van der Waals surface area contributed by atoms with Gasteiger partial charge in [-0.1, -0.05) is 6.07 Å². The molecule has 218 valence electrons. The maximum atomic E-state index is 11.4. The van der Waals surface area contributed by atoms with Gasteiger partial charge in [-0.05, 0) is 60.7 Å². The van der Waals surface area contributed by atoms with Crippen LogP contribution in [0.15, 0.2) is 91.5 Å². The molecule has 0 bridgehead atoms. The number of aromatic carboxylic acids is 4. The molecule has 5 rings (SSSR count). The molecule has 4 N–H and O–H groups in total. The minimum absolute atomic E-state index is 0.0671. The number of pyridine rings is 5. The zero-order valence-corrected chi connectivity index (χ0v) is 22.2. The van der Waals surface area contributed by atoms with Crippen LogP contribution in [0.5, 0.6) is 0 Å². The normalized spacial score (nSPS) is 10.5. The molecule has 15 nitrogen and oxygen atoms in total. The van der Waals surface area contributed by atoms with Crippen molar-refractivity contribution >= 4 is 58.8 Å². The van der Waals surface area contributed by atoms with Gasteiger partial charge in [0.2, 0.25) is 0 Å². The maximum Gasteiger partial charge on any atom is 0.337 e. The van der Waals surface area contributed by atoms with Gasteiger partial charge < -0.3 is 20.4 Å². The molecule has 44 heavy (non-hydrogen) atoms. The summed E-state index contributed by atoms with van der Waals surface area (Å²) < 4.78 is 0. The van der Waals surface area contributed by atoms with Gasteiger partial charge in [0, 0.05) is 24.8 Å². The molecule has 0 spiro atoms. The Balaban J connectivity index is 1.66. The summed E-state index contributed by atoms with van der Waals surface area (Å²) in [6, 6.07) is 15.9. The highest BCUT2D eigenvalue weighted by Crippen LogP contribution is 2.35. The van der Waals surface area contributed by atoms with Crippen molar-refractivity contribution in [2.45, 2.75) is 0 Å². The molecule has 15 heteroatoms. The molecule has 0 saturated heterocycles. The van der Waals surface area contributed by atoms with Crippen molar-refractivity contribution in [1.82, 2.24) is 24.9 Å². The van der Waals surface area contributed by atoms with E-state index in [0.29, 0.717) is 0 Å². The van der Waals surface area contributed by atoms with Crippen molar-refractivity contribution in [3.05, 3.63) is 114 Å². The zero-order chi connectivity index (χ0) is 31.4. The zero-order valence-electron chi connectivity index (χ0n) is 22.2. The summed E-state index contributed by atoms with van der Waals surface area (Å²) in [4.78, 5) is 70.3. The molecule has 0 aromatic carbocycles. The number of anilines is 6. The Kier molecular flexibility index (Phi) is 7.84. The van der Waals surface area contributed by atoms with Crippen molar-refractivity contribution in [3.63, 3.8) is 0 Å². The van der Waals surface area contributed by atoms with Gasteiger partial charge in [0.05, 0.1) is 22.3 Å². The Bertz CT molecular complexity index is 1620. The van der Waals surface area contributed by atoms with Gasteiger partial charge in [-0.15, -0.1) is 0 Å². The van der Waals surface area contributed by atoms with Gasteiger partial charge in [-0.25, -0.2) is 44.1 Å². The fraction of sp³-hybridized carbons (Fsp3) is 0. The highest BCUT2D eigenvalue weighted by atomic mass is 16.4. The molecule has 5 heterocycles. The van der Waals surface area contributed by atoms with Crippen LogP contribution in [-0.2, 0) is 0 Å². The third-order valence-corrected chi connectivity index (χ3v) is 6.07. The van der Waals surface area contributed by atoms with E-state index in [0.717, 1.165) is 24.8 Å². The van der Waals surface area contributed by atoms with E-state index in [1.807, 2.05) is 0 Å². The van der Waals surface area contributed by atoms with Crippen molar-refractivity contribution in [3.8, 4) is 0 Å². The average molecular weight is 594 g/mol. The Morgan fingerprint density at radius 3 is 0.886 bits per heavy atom. The summed E-state index contributed by atoms with van der Waals surface area (Å²) in [6.45, 7) is 0. The number of nitrogens with zero attached hydrogens (tertiary/aromatic N) is 7. The maximum absolute atomic E-state index is 11.4. The van der Waals surface area contributed by atoms with E-state index in [9.17, 15) is 39.6 Å². The summed E-state index contributed by atoms with van der Waals surface area (Å²) in [5, 5.41) is 37.3. The standard InChI is InChI=1S/C29H19N7O8/c37-26(38)16-4-8-20(30-12-16)35(21-9-5-17(13-31-21)27(39)40)24-2-1-3-25(34-24)36(22-10-6-18(14-32-22)28(41)42)23-11-7-19(15-33-23)29(43)44/h1-15H,(H,37,38)(H,39,40)(H,41,42)(H,43,44). The second-order valence-corrected chi connectivity index (χ2v) is 8.87. The molecule has 0 fully saturated rings. The Morgan fingerprint density at radius 2 is 0.682 bits per heavy atom. The lowest BCUT2D eigenvalue weighted by Gasteiger charge is -2.26. The third kappa shape index (κ3) is 5.96. The summed E-state index contributed by atoms with van der Waals surface area (Å²) in [5.41, 5.74) is -0.268. The number of carbonyl (C=O) groups is 4. The highest BCUT2D eigenvalue weighted by molar-refractivity contribution is 5.90. The smallest absolute Gasteiger partial charge is 0.337 e. The summed E-state index contributed by atoms with van der Waals surface area (Å²) in [6.07, 6.45) is 4.59. The lowest BCUT2D eigenvalue weighted by molar-refractivity contribution is 0.0685. The molecule has 5 aromatic rings. The second kappa shape index (κ2) is 12.0. The molecule has 0 aliphatic rings. The fourth-order valence-electron chi connectivity index (χ4n) is 3.94. The monoisotopic (exact) mass is 593 g/mol. The van der Waals surface area contributed by atoms with E-state index < -0.39 is 23.9 Å². The second-order valence-electron chi connectivity index (χ2n) is 8.87. The molecule has 0 aliphatic carbocycles. The first-order valence-corrected chi connectivity index (χ1v) is 12.5. The summed E-state index contributed by atoms with van der Waals surface area (Å²) >= 11 is 0. The van der Waals surface area contributed by atoms with Gasteiger partial charge >= 0.3 is 23.9 Å². The molecule has 0 aliphatic heterocycles. The molecule has 0 unspecified atom stereocenters. The van der Waals surface area contributed by atoms with Crippen molar-refractivity contribution < 1.29 is 39.6 Å². The number of rotatable bonds is 10. The van der Waals surface area contributed by atoms with E-state index >= 15 is 0 Å². The largest absolute Gasteiger partial charge is 0.478 e. The molecular weight excluding hydrogens is 574 g/mol. The quantitative estimate of drug-likeness (QED) is 0.176. The van der Waals surface area contributed by atoms with E-state index in [1.54, 1.807) is 18.2 Å². The van der Waals surface area contributed by atoms with Crippen LogP contribution in [-0.4, -0.2) is 69.2 Å². The van der Waals surface area contributed by atoms with Gasteiger partial charge in [0.15, 0.2) is 0 Å². The predicted octanol–water partition coefficient (Wildman–Crippen LogP) is 4.39. The first-order chi connectivity index (χ1) is 21.1. The molecule has 5 aromatic heterocycles. The van der Waals surface area contributed by atoms with Gasteiger partial charge in [0.25, 0.3) is 0 Å². The average Bonchev–Trinajstić information content (AvgIpc) is 3.02. The lowest BCUT2D eigenvalue weighted by Crippen LogP contribution is -2.19.